The van der Waals surface area contributed by atoms with Crippen molar-refractivity contribution < 1.29 is 19.4 Å². The molecule has 3 aromatic rings. The molecular formula is C18H18N2O4S. The van der Waals surface area contributed by atoms with Gasteiger partial charge in [-0.1, -0.05) is 0 Å². The van der Waals surface area contributed by atoms with E-state index in [2.05, 4.69) is 9.97 Å². The van der Waals surface area contributed by atoms with Crippen LogP contribution < -0.4 is 4.74 Å². The molecule has 2 aromatic heterocycles. The molecule has 3 rings (SSSR count). The molecule has 0 aliphatic rings. The SMILES string of the molecule is COCCOc1ccc(-c2nc(C(=O)O)c(-c3ccc(C)s3)[nH]2)cc1. The van der Waals surface area contributed by atoms with Crippen LogP contribution in [0, 0.1) is 6.92 Å². The van der Waals surface area contributed by atoms with Crippen molar-refractivity contribution in [2.24, 2.45) is 0 Å². The van der Waals surface area contributed by atoms with Gasteiger partial charge in [-0.15, -0.1) is 11.3 Å². The second-order valence-corrected chi connectivity index (χ2v) is 6.68. The van der Waals surface area contributed by atoms with Crippen LogP contribution >= 0.6 is 11.3 Å². The Bertz CT molecular complexity index is 868. The number of aromatic nitrogens is 2. The number of hydrogen-bond donors (Lipinski definition) is 2. The van der Waals surface area contributed by atoms with Crippen LogP contribution in [0.25, 0.3) is 22.0 Å². The van der Waals surface area contributed by atoms with Gasteiger partial charge in [0.15, 0.2) is 5.69 Å². The van der Waals surface area contributed by atoms with Gasteiger partial charge in [-0.05, 0) is 43.3 Å². The number of ether oxygens (including phenoxy) is 2. The molecule has 0 fully saturated rings. The van der Waals surface area contributed by atoms with Gasteiger partial charge >= 0.3 is 5.97 Å². The molecule has 0 radical (unpaired) electrons. The van der Waals surface area contributed by atoms with E-state index in [1.54, 1.807) is 7.11 Å². The van der Waals surface area contributed by atoms with Gasteiger partial charge in [-0.2, -0.15) is 0 Å². The fourth-order valence-corrected chi connectivity index (χ4v) is 3.23. The summed E-state index contributed by atoms with van der Waals surface area (Å²) >= 11 is 1.53. The van der Waals surface area contributed by atoms with Crippen LogP contribution in [0.5, 0.6) is 5.75 Å². The summed E-state index contributed by atoms with van der Waals surface area (Å²) in [5.41, 5.74) is 1.35. The van der Waals surface area contributed by atoms with E-state index in [0.717, 1.165) is 21.1 Å². The number of hydrogen-bond acceptors (Lipinski definition) is 5. The summed E-state index contributed by atoms with van der Waals surface area (Å²) in [5, 5.41) is 9.45. The molecule has 1 aromatic carbocycles. The molecule has 7 heteroatoms. The molecule has 6 nitrogen and oxygen atoms in total. The van der Waals surface area contributed by atoms with Gasteiger partial charge in [0.2, 0.25) is 0 Å². The largest absolute Gasteiger partial charge is 0.491 e. The molecular weight excluding hydrogens is 340 g/mol. The maximum Gasteiger partial charge on any atom is 0.356 e. The Morgan fingerprint density at radius 2 is 1.96 bits per heavy atom. The molecule has 2 N–H and O–H groups in total. The van der Waals surface area contributed by atoms with Crippen LogP contribution in [-0.2, 0) is 4.74 Å². The number of imidazole rings is 1. The third-order valence-corrected chi connectivity index (χ3v) is 4.60. The summed E-state index contributed by atoms with van der Waals surface area (Å²) in [6.07, 6.45) is 0. The number of carbonyl (C=O) groups is 1. The predicted molar refractivity (Wildman–Crippen MR) is 96.4 cm³/mol. The molecule has 0 unspecified atom stereocenters. The lowest BCUT2D eigenvalue weighted by Gasteiger charge is -2.05. The minimum absolute atomic E-state index is 0.0253. The summed E-state index contributed by atoms with van der Waals surface area (Å²) in [4.78, 5) is 20.9. The molecule has 0 amide bonds. The number of nitrogens with one attached hydrogen (secondary N) is 1. The summed E-state index contributed by atoms with van der Waals surface area (Å²) < 4.78 is 10.5. The zero-order valence-electron chi connectivity index (χ0n) is 13.9. The maximum atomic E-state index is 11.5. The highest BCUT2D eigenvalue weighted by Gasteiger charge is 2.20. The Kier molecular flexibility index (Phi) is 5.16. The number of thiophene rings is 1. The number of benzene rings is 1. The van der Waals surface area contributed by atoms with Crippen LogP contribution in [0.2, 0.25) is 0 Å². The normalized spacial score (nSPS) is 10.8. The van der Waals surface area contributed by atoms with E-state index in [1.807, 2.05) is 43.3 Å². The summed E-state index contributed by atoms with van der Waals surface area (Å²) in [6, 6.07) is 11.2. The Morgan fingerprint density at radius 1 is 1.20 bits per heavy atom. The first-order valence-electron chi connectivity index (χ1n) is 7.70. The molecule has 0 spiro atoms. The Labute approximate surface area is 149 Å². The number of aromatic amines is 1. The van der Waals surface area contributed by atoms with Gasteiger partial charge in [0, 0.05) is 17.6 Å². The molecule has 0 aliphatic carbocycles. The van der Waals surface area contributed by atoms with Crippen molar-refractivity contribution in [1.82, 2.24) is 9.97 Å². The highest BCUT2D eigenvalue weighted by molar-refractivity contribution is 7.15. The molecule has 130 valence electrons. The van der Waals surface area contributed by atoms with E-state index in [-0.39, 0.29) is 5.69 Å². The monoisotopic (exact) mass is 358 g/mol. The summed E-state index contributed by atoms with van der Waals surface area (Å²) in [7, 11) is 1.62. The van der Waals surface area contributed by atoms with Gasteiger partial charge < -0.3 is 19.6 Å². The van der Waals surface area contributed by atoms with Gasteiger partial charge in [-0.3, -0.25) is 0 Å². The molecule has 0 saturated heterocycles. The van der Waals surface area contributed by atoms with Crippen molar-refractivity contribution in [3.8, 4) is 27.7 Å². The first kappa shape index (κ1) is 17.2. The van der Waals surface area contributed by atoms with Crippen molar-refractivity contribution >= 4 is 17.3 Å². The minimum atomic E-state index is -1.05. The Morgan fingerprint density at radius 3 is 2.56 bits per heavy atom. The molecule has 0 aliphatic heterocycles. The highest BCUT2D eigenvalue weighted by atomic mass is 32.1. The average molecular weight is 358 g/mol. The first-order chi connectivity index (χ1) is 12.1. The number of aryl methyl sites for hydroxylation is 1. The Balaban J connectivity index is 1.88. The van der Waals surface area contributed by atoms with E-state index < -0.39 is 5.97 Å². The van der Waals surface area contributed by atoms with Crippen molar-refractivity contribution in [3.05, 3.63) is 47.0 Å². The highest BCUT2D eigenvalue weighted by Crippen LogP contribution is 2.31. The van der Waals surface area contributed by atoms with Crippen molar-refractivity contribution in [3.63, 3.8) is 0 Å². The van der Waals surface area contributed by atoms with E-state index in [4.69, 9.17) is 9.47 Å². The van der Waals surface area contributed by atoms with Crippen molar-refractivity contribution in [1.29, 1.82) is 0 Å². The molecule has 0 bridgehead atoms. The zero-order chi connectivity index (χ0) is 17.8. The van der Waals surface area contributed by atoms with Crippen LogP contribution in [0.15, 0.2) is 36.4 Å². The van der Waals surface area contributed by atoms with Gasteiger partial charge in [0.05, 0.1) is 17.2 Å². The first-order valence-corrected chi connectivity index (χ1v) is 8.52. The van der Waals surface area contributed by atoms with Crippen molar-refractivity contribution in [2.75, 3.05) is 20.3 Å². The summed E-state index contributed by atoms with van der Waals surface area (Å²) in [5.74, 6) is 0.185. The molecule has 0 saturated carbocycles. The number of methoxy groups -OCH3 is 1. The predicted octanol–water partition coefficient (Wildman–Crippen LogP) is 3.84. The van der Waals surface area contributed by atoms with Crippen LogP contribution in [0.4, 0.5) is 0 Å². The second kappa shape index (κ2) is 7.50. The lowest BCUT2D eigenvalue weighted by atomic mass is 10.2. The maximum absolute atomic E-state index is 11.5. The van der Waals surface area contributed by atoms with E-state index in [0.29, 0.717) is 24.7 Å². The quantitative estimate of drug-likeness (QED) is 0.627. The standard InChI is InChI=1S/C18H18N2O4S/c1-11-3-8-14(25-11)15-16(18(21)22)20-17(19-15)12-4-6-13(7-5-12)24-10-9-23-2/h3-8H,9-10H2,1-2H3,(H,19,20)(H,21,22). The number of aromatic carboxylic acids is 1. The number of carboxylic acid groups (broad SMARTS) is 1. The van der Waals surface area contributed by atoms with Gasteiger partial charge in [0.1, 0.15) is 18.2 Å². The van der Waals surface area contributed by atoms with Crippen LogP contribution in [0.3, 0.4) is 0 Å². The number of H-pyrrole nitrogens is 1. The smallest absolute Gasteiger partial charge is 0.356 e. The van der Waals surface area contributed by atoms with Crippen LogP contribution in [-0.4, -0.2) is 41.4 Å². The lowest BCUT2D eigenvalue weighted by Crippen LogP contribution is -2.03. The van der Waals surface area contributed by atoms with Gasteiger partial charge in [-0.25, -0.2) is 9.78 Å². The number of carboxylic acids is 1. The van der Waals surface area contributed by atoms with E-state index >= 15 is 0 Å². The Hall–Kier alpha value is -2.64. The third kappa shape index (κ3) is 3.89. The van der Waals surface area contributed by atoms with Crippen molar-refractivity contribution in [2.45, 2.75) is 6.92 Å². The minimum Gasteiger partial charge on any atom is -0.491 e. The zero-order valence-corrected chi connectivity index (χ0v) is 14.7. The second-order valence-electron chi connectivity index (χ2n) is 5.39. The molecule has 0 atom stereocenters. The van der Waals surface area contributed by atoms with Crippen LogP contribution in [0.1, 0.15) is 15.4 Å². The molecule has 25 heavy (non-hydrogen) atoms. The van der Waals surface area contributed by atoms with E-state index in [9.17, 15) is 9.90 Å². The summed E-state index contributed by atoms with van der Waals surface area (Å²) in [6.45, 7) is 2.97. The fourth-order valence-electron chi connectivity index (χ4n) is 2.36. The van der Waals surface area contributed by atoms with Gasteiger partial charge in [0.25, 0.3) is 0 Å². The lowest BCUT2D eigenvalue weighted by molar-refractivity contribution is 0.0692. The fraction of sp³-hybridized carbons (Fsp3) is 0.222. The topological polar surface area (TPSA) is 84.4 Å². The molecule has 2 heterocycles. The third-order valence-electron chi connectivity index (χ3n) is 3.58. The number of nitrogens with zero attached hydrogens (tertiary/aromatic N) is 1. The van der Waals surface area contributed by atoms with E-state index in [1.165, 1.54) is 11.3 Å². The average Bonchev–Trinajstić information content (AvgIpc) is 3.22. The number of rotatable bonds is 7.